The van der Waals surface area contributed by atoms with E-state index in [2.05, 4.69) is 244 Å². The fraction of sp³-hybridized carbons (Fsp3) is 0.0164. The Balaban J connectivity index is 1.02. The Kier molecular flexibility index (Phi) is 7.46. The quantitative estimate of drug-likeness (QED) is 0.164. The van der Waals surface area contributed by atoms with Crippen LogP contribution in [-0.4, -0.2) is 13.7 Å². The van der Waals surface area contributed by atoms with E-state index in [4.69, 9.17) is 0 Å². The topological polar surface area (TPSA) is 14.8 Å². The van der Waals surface area contributed by atoms with Crippen LogP contribution in [0.15, 0.2) is 231 Å². The van der Waals surface area contributed by atoms with Gasteiger partial charge >= 0.3 is 0 Å². The molecule has 0 bridgehead atoms. The third kappa shape index (κ3) is 5.04. The van der Waals surface area contributed by atoms with Gasteiger partial charge in [0, 0.05) is 55.3 Å². The molecule has 0 N–H and O–H groups in total. The fourth-order valence-corrected chi connectivity index (χ4v) is 11.2. The summed E-state index contributed by atoms with van der Waals surface area (Å²) in [7, 11) is 0. The zero-order chi connectivity index (χ0) is 41.9. The van der Waals surface area contributed by atoms with Gasteiger partial charge in [-0.2, -0.15) is 0 Å². The summed E-state index contributed by atoms with van der Waals surface area (Å²) in [5, 5.41) is 7.48. The van der Waals surface area contributed by atoms with Gasteiger partial charge in [-0.1, -0.05) is 164 Å². The minimum absolute atomic E-state index is 0.152. The zero-order valence-electron chi connectivity index (χ0n) is 34.9. The van der Waals surface area contributed by atoms with Gasteiger partial charge in [0.25, 0.3) is 0 Å². The lowest BCUT2D eigenvalue weighted by Gasteiger charge is -2.17. The second kappa shape index (κ2) is 13.5. The summed E-state index contributed by atoms with van der Waals surface area (Å²) >= 11 is 0. The maximum Gasteiger partial charge on any atom is 0.0544 e. The molecule has 64 heavy (non-hydrogen) atoms. The largest absolute Gasteiger partial charge is 0.309 e. The lowest BCUT2D eigenvalue weighted by molar-refractivity contribution is 1.01. The van der Waals surface area contributed by atoms with Gasteiger partial charge in [0.2, 0.25) is 0 Å². The van der Waals surface area contributed by atoms with Crippen LogP contribution in [0.2, 0.25) is 0 Å². The molecular weight excluding hydrogens is 775 g/mol. The summed E-state index contributed by atoms with van der Waals surface area (Å²) in [4.78, 5) is 0. The molecular formula is C61H39N3. The molecule has 0 spiro atoms. The van der Waals surface area contributed by atoms with E-state index in [9.17, 15) is 0 Å². The molecule has 0 amide bonds. The van der Waals surface area contributed by atoms with Gasteiger partial charge in [-0.05, 0) is 106 Å². The summed E-state index contributed by atoms with van der Waals surface area (Å²) in [5.41, 5.74) is 19.6. The van der Waals surface area contributed by atoms with Crippen LogP contribution in [0.5, 0.6) is 0 Å². The van der Waals surface area contributed by atoms with Crippen LogP contribution in [0.25, 0.3) is 105 Å². The number of hydrogen-bond acceptors (Lipinski definition) is 0. The summed E-state index contributed by atoms with van der Waals surface area (Å²) in [6, 6.07) is 85.4. The number of para-hydroxylation sites is 4. The highest BCUT2D eigenvalue weighted by molar-refractivity contribution is 6.13. The van der Waals surface area contributed by atoms with Crippen LogP contribution >= 0.6 is 0 Å². The Morgan fingerprint density at radius 1 is 0.250 bits per heavy atom. The molecule has 3 heterocycles. The summed E-state index contributed by atoms with van der Waals surface area (Å²) in [5.74, 6) is 0.152. The zero-order valence-corrected chi connectivity index (χ0v) is 34.9. The molecule has 3 nitrogen and oxygen atoms in total. The van der Waals surface area contributed by atoms with E-state index in [1.165, 1.54) is 104 Å². The van der Waals surface area contributed by atoms with Gasteiger partial charge in [0.15, 0.2) is 0 Å². The average Bonchev–Trinajstić information content (AvgIpc) is 4.09. The van der Waals surface area contributed by atoms with Crippen molar-refractivity contribution >= 4 is 65.4 Å². The molecule has 3 aromatic heterocycles. The highest BCUT2D eigenvalue weighted by Crippen LogP contribution is 2.49. The minimum Gasteiger partial charge on any atom is -0.309 e. The van der Waals surface area contributed by atoms with Gasteiger partial charge in [0.1, 0.15) is 0 Å². The van der Waals surface area contributed by atoms with E-state index in [1.54, 1.807) is 0 Å². The molecule has 298 valence electrons. The molecule has 0 aliphatic heterocycles. The molecule has 3 heteroatoms. The van der Waals surface area contributed by atoms with Gasteiger partial charge in [-0.3, -0.25) is 0 Å². The van der Waals surface area contributed by atoms with Crippen LogP contribution in [0.4, 0.5) is 0 Å². The normalized spacial score (nSPS) is 12.6. The molecule has 10 aromatic carbocycles. The van der Waals surface area contributed by atoms with Crippen molar-refractivity contribution in [2.45, 2.75) is 5.92 Å². The first-order valence-electron chi connectivity index (χ1n) is 22.2. The molecule has 0 fully saturated rings. The Morgan fingerprint density at radius 2 is 0.688 bits per heavy atom. The third-order valence-corrected chi connectivity index (χ3v) is 13.9. The van der Waals surface area contributed by atoms with Gasteiger partial charge in [-0.25, -0.2) is 0 Å². The highest BCUT2D eigenvalue weighted by Gasteiger charge is 2.30. The lowest BCUT2D eigenvalue weighted by Crippen LogP contribution is -2.02. The maximum atomic E-state index is 2.51. The second-order valence-corrected chi connectivity index (χ2v) is 17.3. The summed E-state index contributed by atoms with van der Waals surface area (Å²) in [6.07, 6.45) is 0. The Labute approximate surface area is 369 Å². The number of aromatic nitrogens is 3. The van der Waals surface area contributed by atoms with Crippen molar-refractivity contribution in [1.82, 2.24) is 13.7 Å². The van der Waals surface area contributed by atoms with Crippen molar-refractivity contribution in [3.8, 4) is 39.3 Å². The smallest absolute Gasteiger partial charge is 0.0544 e. The fourth-order valence-electron chi connectivity index (χ4n) is 11.2. The van der Waals surface area contributed by atoms with Crippen molar-refractivity contribution in [3.05, 3.63) is 247 Å². The predicted octanol–water partition coefficient (Wildman–Crippen LogP) is 15.8. The molecule has 0 saturated carbocycles. The highest BCUT2D eigenvalue weighted by atomic mass is 15.0. The molecule has 0 saturated heterocycles. The van der Waals surface area contributed by atoms with Crippen LogP contribution in [0.1, 0.15) is 22.6 Å². The van der Waals surface area contributed by atoms with Crippen LogP contribution < -0.4 is 0 Å². The van der Waals surface area contributed by atoms with Gasteiger partial charge in [-0.15, -0.1) is 0 Å². The van der Waals surface area contributed by atoms with E-state index in [0.717, 1.165) is 17.1 Å². The molecule has 13 aromatic rings. The molecule has 0 unspecified atom stereocenters. The SMILES string of the molecule is c1ccc(-c2cc(-n3c4ccccc4c4cc(-n5c6ccccc6c6ccccc65)ccc43)cc(-n3c4ccccc4c4ccc(C5c6ccccc6-c6ccccc65)cc43)c2)cc1. The average molecular weight is 814 g/mol. The van der Waals surface area contributed by atoms with E-state index < -0.39 is 0 Å². The van der Waals surface area contributed by atoms with E-state index in [-0.39, 0.29) is 5.92 Å². The summed E-state index contributed by atoms with van der Waals surface area (Å²) in [6.45, 7) is 0. The minimum atomic E-state index is 0.152. The lowest BCUT2D eigenvalue weighted by atomic mass is 9.89. The monoisotopic (exact) mass is 813 g/mol. The number of benzene rings is 10. The van der Waals surface area contributed by atoms with E-state index in [0.29, 0.717) is 0 Å². The second-order valence-electron chi connectivity index (χ2n) is 17.3. The Hall–Kier alpha value is -8.40. The van der Waals surface area contributed by atoms with Crippen molar-refractivity contribution in [2.75, 3.05) is 0 Å². The molecule has 14 rings (SSSR count). The molecule has 0 atom stereocenters. The number of hydrogen-bond donors (Lipinski definition) is 0. The number of rotatable bonds is 5. The first kappa shape index (κ1) is 35.2. The van der Waals surface area contributed by atoms with E-state index >= 15 is 0 Å². The molecule has 0 radical (unpaired) electrons. The van der Waals surface area contributed by atoms with Crippen molar-refractivity contribution in [1.29, 1.82) is 0 Å². The Bertz CT molecular complexity index is 3930. The molecule has 1 aliphatic carbocycles. The van der Waals surface area contributed by atoms with Gasteiger partial charge < -0.3 is 13.7 Å². The van der Waals surface area contributed by atoms with Gasteiger partial charge in [0.05, 0.1) is 33.1 Å². The van der Waals surface area contributed by atoms with Crippen LogP contribution in [0.3, 0.4) is 0 Å². The van der Waals surface area contributed by atoms with Crippen LogP contribution in [-0.2, 0) is 0 Å². The summed E-state index contributed by atoms with van der Waals surface area (Å²) < 4.78 is 7.40. The van der Waals surface area contributed by atoms with Crippen molar-refractivity contribution < 1.29 is 0 Å². The standard InChI is InChI=1S/C61H39N3/c1-2-16-39(17-3-1)41-34-43(63-58-29-15-11-23-50(58)54-38-42(31-33-59(54)63)62-55-26-12-8-20-47(55)48-21-9-13-27-56(48)62)37-44(35-41)64-57-28-14-10-22-49(57)51-32-30-40(36-60(51)64)61-52-24-6-4-18-45(52)46-19-5-7-25-53(46)61/h1-38,61H. The molecule has 1 aliphatic rings. The predicted molar refractivity (Wildman–Crippen MR) is 268 cm³/mol. The first-order chi connectivity index (χ1) is 31.8. The van der Waals surface area contributed by atoms with Crippen molar-refractivity contribution in [2.24, 2.45) is 0 Å². The maximum absolute atomic E-state index is 2.51. The van der Waals surface area contributed by atoms with Crippen LogP contribution in [0, 0.1) is 0 Å². The van der Waals surface area contributed by atoms with Crippen molar-refractivity contribution in [3.63, 3.8) is 0 Å². The Morgan fingerprint density at radius 3 is 1.27 bits per heavy atom. The third-order valence-electron chi connectivity index (χ3n) is 13.9. The number of nitrogens with zero attached hydrogens (tertiary/aromatic N) is 3. The number of fused-ring (bicyclic) bond motifs is 12. The first-order valence-corrected chi connectivity index (χ1v) is 22.2. The van der Waals surface area contributed by atoms with E-state index in [1.807, 2.05) is 0 Å².